The van der Waals surface area contributed by atoms with E-state index in [1.165, 1.54) is 16.7 Å². The fraction of sp³-hybridized carbons (Fsp3) is 0.545. The number of hydrogen-bond acceptors (Lipinski definition) is 6. The molecule has 43 heavy (non-hydrogen) atoms. The van der Waals surface area contributed by atoms with Crippen LogP contribution in [0.5, 0.6) is 0 Å². The molecule has 2 aromatic carbocycles. The fourth-order valence-electron chi connectivity index (χ4n) is 4.56. The van der Waals surface area contributed by atoms with E-state index < -0.39 is 36.7 Å². The quantitative estimate of drug-likeness (QED) is 0.116. The summed E-state index contributed by atoms with van der Waals surface area (Å²) in [7, 11) is 0. The van der Waals surface area contributed by atoms with Crippen molar-refractivity contribution in [1.29, 1.82) is 0 Å². The van der Waals surface area contributed by atoms with Crippen LogP contribution in [0.4, 0.5) is 5.69 Å². The number of carbonyl (C=O) groups is 3. The molecule has 10 heteroatoms. The minimum absolute atomic E-state index is 0.134. The Hall–Kier alpha value is -3.14. The van der Waals surface area contributed by atoms with E-state index in [0.29, 0.717) is 24.5 Å². The van der Waals surface area contributed by atoms with Crippen molar-refractivity contribution >= 4 is 35.1 Å². The molecule has 4 N–H and O–H groups in total. The number of aliphatic carboxylic acids is 2. The van der Waals surface area contributed by atoms with Crippen LogP contribution in [0.15, 0.2) is 36.4 Å². The molecule has 0 aliphatic carbocycles. The Morgan fingerprint density at radius 1 is 0.767 bits per heavy atom. The lowest BCUT2D eigenvalue weighted by molar-refractivity contribution is -0.172. The molecule has 2 unspecified atom stereocenters. The summed E-state index contributed by atoms with van der Waals surface area (Å²) in [5, 5.41) is 25.3. The van der Waals surface area contributed by atoms with E-state index in [4.69, 9.17) is 26.2 Å². The van der Waals surface area contributed by atoms with Crippen LogP contribution in [0.25, 0.3) is 0 Å². The summed E-state index contributed by atoms with van der Waals surface area (Å²) < 4.78 is 10.7. The van der Waals surface area contributed by atoms with Gasteiger partial charge in [0.1, 0.15) is 6.61 Å². The molecular formula is C33H47ClN2O7. The lowest BCUT2D eigenvalue weighted by Crippen LogP contribution is -2.49. The number of anilines is 1. The highest BCUT2D eigenvalue weighted by atomic mass is 35.5. The van der Waals surface area contributed by atoms with Crippen LogP contribution in [0, 0.1) is 20.8 Å². The predicted octanol–water partition coefficient (Wildman–Crippen LogP) is 6.10. The Balaban J connectivity index is 1.72. The molecule has 0 aliphatic heterocycles. The summed E-state index contributed by atoms with van der Waals surface area (Å²) in [4.78, 5) is 35.7. The van der Waals surface area contributed by atoms with Gasteiger partial charge in [-0.15, -0.1) is 0 Å². The van der Waals surface area contributed by atoms with Gasteiger partial charge in [-0.3, -0.25) is 4.79 Å². The Morgan fingerprint density at radius 2 is 1.44 bits per heavy atom. The lowest BCUT2D eigenvalue weighted by Gasteiger charge is -2.23. The normalized spacial score (nSPS) is 12.5. The second-order valence-electron chi connectivity index (χ2n) is 10.9. The molecule has 0 radical (unpaired) electrons. The molecule has 0 fully saturated rings. The zero-order chi connectivity index (χ0) is 31.6. The Morgan fingerprint density at radius 3 is 2.14 bits per heavy atom. The number of amides is 1. The number of benzene rings is 2. The summed E-state index contributed by atoms with van der Waals surface area (Å²) >= 11 is 6.16. The van der Waals surface area contributed by atoms with E-state index in [1.54, 1.807) is 0 Å². The van der Waals surface area contributed by atoms with Gasteiger partial charge in [0.05, 0.1) is 0 Å². The van der Waals surface area contributed by atoms with E-state index in [0.717, 1.165) is 62.6 Å². The molecule has 9 nitrogen and oxygen atoms in total. The lowest BCUT2D eigenvalue weighted by atomic mass is 10.0. The number of carboxylic acids is 2. The van der Waals surface area contributed by atoms with Crippen LogP contribution < -0.4 is 10.6 Å². The van der Waals surface area contributed by atoms with Crippen molar-refractivity contribution in [3.8, 4) is 0 Å². The molecule has 238 valence electrons. The molecule has 0 aromatic heterocycles. The first kappa shape index (κ1) is 36.1. The molecule has 0 heterocycles. The SMILES string of the molecule is Cc1ccc(CCCCCCCNC(=O)C(OCCCCCNc2ccc(C)c(Cl)c2)C(OCC(=O)O)C(=O)O)cc1C. The van der Waals surface area contributed by atoms with Crippen LogP contribution in [0.3, 0.4) is 0 Å². The van der Waals surface area contributed by atoms with Gasteiger partial charge in [-0.2, -0.15) is 0 Å². The number of aryl methyl sites for hydroxylation is 4. The predicted molar refractivity (Wildman–Crippen MR) is 169 cm³/mol. The minimum Gasteiger partial charge on any atom is -0.480 e. The zero-order valence-electron chi connectivity index (χ0n) is 25.6. The number of nitrogens with one attached hydrogen (secondary N) is 2. The van der Waals surface area contributed by atoms with Gasteiger partial charge in [0.2, 0.25) is 0 Å². The number of unbranched alkanes of at least 4 members (excludes halogenated alkanes) is 6. The number of ether oxygens (including phenoxy) is 2. The summed E-state index contributed by atoms with van der Waals surface area (Å²) in [5.74, 6) is -3.40. The maximum absolute atomic E-state index is 12.9. The highest BCUT2D eigenvalue weighted by Gasteiger charge is 2.36. The third kappa shape index (κ3) is 14.3. The van der Waals surface area contributed by atoms with Crippen molar-refractivity contribution in [2.75, 3.05) is 31.6 Å². The smallest absolute Gasteiger partial charge is 0.336 e. The van der Waals surface area contributed by atoms with Crippen LogP contribution in [-0.2, 0) is 30.3 Å². The largest absolute Gasteiger partial charge is 0.480 e. The van der Waals surface area contributed by atoms with Gasteiger partial charge in [-0.25, -0.2) is 9.59 Å². The van der Waals surface area contributed by atoms with Crippen molar-refractivity contribution in [2.45, 2.75) is 90.8 Å². The molecule has 0 spiro atoms. The van der Waals surface area contributed by atoms with E-state index in [9.17, 15) is 19.5 Å². The topological polar surface area (TPSA) is 134 Å². The molecule has 2 aromatic rings. The Labute approximate surface area is 260 Å². The first-order valence-corrected chi connectivity index (χ1v) is 15.5. The number of halogens is 1. The first-order valence-electron chi connectivity index (χ1n) is 15.1. The van der Waals surface area contributed by atoms with Gasteiger partial charge < -0.3 is 30.3 Å². The monoisotopic (exact) mass is 618 g/mol. The van der Waals surface area contributed by atoms with Crippen molar-refractivity contribution in [3.63, 3.8) is 0 Å². The van der Waals surface area contributed by atoms with Gasteiger partial charge in [-0.05, 0) is 93.7 Å². The summed E-state index contributed by atoms with van der Waals surface area (Å²) in [5.41, 5.74) is 5.90. The van der Waals surface area contributed by atoms with Crippen molar-refractivity contribution in [3.05, 3.63) is 63.7 Å². The van der Waals surface area contributed by atoms with E-state index in [-0.39, 0.29) is 6.61 Å². The third-order valence-corrected chi connectivity index (χ3v) is 7.70. The maximum atomic E-state index is 12.9. The second kappa shape index (κ2) is 19.9. The minimum atomic E-state index is -1.73. The first-order chi connectivity index (χ1) is 20.6. The summed E-state index contributed by atoms with van der Waals surface area (Å²) in [6.07, 6.45) is 4.95. The van der Waals surface area contributed by atoms with Crippen LogP contribution in [0.1, 0.15) is 73.6 Å². The van der Waals surface area contributed by atoms with Gasteiger partial charge in [0.25, 0.3) is 5.91 Å². The van der Waals surface area contributed by atoms with E-state index >= 15 is 0 Å². The van der Waals surface area contributed by atoms with Crippen molar-refractivity contribution < 1.29 is 34.1 Å². The second-order valence-corrected chi connectivity index (χ2v) is 11.3. The average Bonchev–Trinajstić information content (AvgIpc) is 2.96. The Bertz CT molecular complexity index is 1170. The van der Waals surface area contributed by atoms with Crippen LogP contribution >= 0.6 is 11.6 Å². The number of carbonyl (C=O) groups excluding carboxylic acids is 1. The van der Waals surface area contributed by atoms with Gasteiger partial charge >= 0.3 is 11.9 Å². The zero-order valence-corrected chi connectivity index (χ0v) is 26.4. The number of carboxylic acid groups (broad SMARTS) is 2. The molecule has 1 amide bonds. The fourth-order valence-corrected chi connectivity index (χ4v) is 4.74. The molecule has 2 atom stereocenters. The molecule has 0 saturated carbocycles. The molecule has 0 bridgehead atoms. The molecular weight excluding hydrogens is 572 g/mol. The standard InChI is InChI=1S/C33H47ClN2O7/c1-23-13-15-26(20-25(23)3)12-8-5-4-6-9-18-36-32(39)30(31(33(40)41)43-22-29(37)38)42-19-11-7-10-17-35-27-16-14-24(2)28(34)21-27/h13-16,20-21,30-31,35H,4-12,17-19,22H2,1-3H3,(H,36,39)(H,37,38)(H,40,41). The molecule has 0 aliphatic rings. The van der Waals surface area contributed by atoms with Crippen molar-refractivity contribution in [1.82, 2.24) is 5.32 Å². The van der Waals surface area contributed by atoms with Gasteiger partial charge in [0, 0.05) is 30.4 Å². The number of hydrogen-bond donors (Lipinski definition) is 4. The van der Waals surface area contributed by atoms with E-state index in [1.807, 2.05) is 25.1 Å². The van der Waals surface area contributed by atoms with E-state index in [2.05, 4.69) is 42.7 Å². The van der Waals surface area contributed by atoms with Crippen LogP contribution in [-0.4, -0.2) is 66.6 Å². The highest BCUT2D eigenvalue weighted by Crippen LogP contribution is 2.20. The Kier molecular flexibility index (Phi) is 16.7. The maximum Gasteiger partial charge on any atom is 0.336 e. The van der Waals surface area contributed by atoms with Crippen molar-refractivity contribution in [2.24, 2.45) is 0 Å². The van der Waals surface area contributed by atoms with Gasteiger partial charge in [0.15, 0.2) is 12.2 Å². The average molecular weight is 619 g/mol. The highest BCUT2D eigenvalue weighted by molar-refractivity contribution is 6.31. The summed E-state index contributed by atoms with van der Waals surface area (Å²) in [6.45, 7) is 6.56. The summed E-state index contributed by atoms with van der Waals surface area (Å²) in [6, 6.07) is 12.4. The third-order valence-electron chi connectivity index (χ3n) is 7.30. The number of rotatable bonds is 22. The van der Waals surface area contributed by atoms with Gasteiger partial charge in [-0.1, -0.05) is 55.1 Å². The van der Waals surface area contributed by atoms with Crippen LogP contribution in [0.2, 0.25) is 5.02 Å². The molecule has 2 rings (SSSR count). The molecule has 0 saturated heterocycles.